The van der Waals surface area contributed by atoms with Crippen molar-refractivity contribution in [3.63, 3.8) is 0 Å². The Hall–Kier alpha value is -1.39. The lowest BCUT2D eigenvalue weighted by atomic mass is 9.99. The van der Waals surface area contributed by atoms with Gasteiger partial charge in [0, 0.05) is 29.8 Å². The van der Waals surface area contributed by atoms with E-state index in [1.807, 2.05) is 6.92 Å². The van der Waals surface area contributed by atoms with E-state index in [9.17, 15) is 0 Å². The first-order valence-electron chi connectivity index (χ1n) is 6.15. The van der Waals surface area contributed by atoms with E-state index in [1.54, 1.807) is 11.3 Å². The third-order valence-electron chi connectivity index (χ3n) is 3.24. The Bertz CT molecular complexity index is 565. The van der Waals surface area contributed by atoms with Crippen LogP contribution in [-0.4, -0.2) is 11.6 Å². The molecule has 94 valence electrons. The van der Waals surface area contributed by atoms with Crippen LogP contribution in [0.3, 0.4) is 0 Å². The van der Waals surface area contributed by atoms with Gasteiger partial charge in [0.25, 0.3) is 0 Å². The van der Waals surface area contributed by atoms with E-state index >= 15 is 0 Å². The van der Waals surface area contributed by atoms with Crippen molar-refractivity contribution < 1.29 is 4.74 Å². The molecule has 0 fully saturated rings. The predicted molar refractivity (Wildman–Crippen MR) is 73.1 cm³/mol. The second-order valence-corrected chi connectivity index (χ2v) is 5.66. The van der Waals surface area contributed by atoms with Crippen molar-refractivity contribution in [1.29, 1.82) is 0 Å². The smallest absolute Gasteiger partial charge is 0.127 e. The SMILES string of the molecule is Cc1nc(CC(N)c2cccc3c2OCC3)cs1. The highest BCUT2D eigenvalue weighted by Gasteiger charge is 2.20. The van der Waals surface area contributed by atoms with Gasteiger partial charge in [0.2, 0.25) is 0 Å². The molecule has 4 heteroatoms. The van der Waals surface area contributed by atoms with Crippen LogP contribution < -0.4 is 10.5 Å². The zero-order chi connectivity index (χ0) is 12.5. The summed E-state index contributed by atoms with van der Waals surface area (Å²) in [7, 11) is 0. The fraction of sp³-hybridized carbons (Fsp3) is 0.357. The monoisotopic (exact) mass is 260 g/mol. The number of benzene rings is 1. The topological polar surface area (TPSA) is 48.1 Å². The van der Waals surface area contributed by atoms with Gasteiger partial charge in [-0.2, -0.15) is 0 Å². The molecule has 2 heterocycles. The van der Waals surface area contributed by atoms with Gasteiger partial charge in [0.05, 0.1) is 17.3 Å². The number of rotatable bonds is 3. The standard InChI is InChI=1S/C14H16N2OS/c1-9-16-11(8-18-9)7-13(15)12-4-2-3-10-5-6-17-14(10)12/h2-4,8,13H,5-7,15H2,1H3. The van der Waals surface area contributed by atoms with Crippen molar-refractivity contribution in [2.45, 2.75) is 25.8 Å². The molecule has 0 amide bonds. The van der Waals surface area contributed by atoms with E-state index in [1.165, 1.54) is 5.56 Å². The number of nitrogens with two attached hydrogens (primary N) is 1. The molecule has 1 atom stereocenters. The van der Waals surface area contributed by atoms with Gasteiger partial charge in [-0.1, -0.05) is 18.2 Å². The number of nitrogens with zero attached hydrogens (tertiary/aromatic N) is 1. The molecule has 3 nitrogen and oxygen atoms in total. The molecular formula is C14H16N2OS. The lowest BCUT2D eigenvalue weighted by Crippen LogP contribution is -2.14. The molecule has 3 rings (SSSR count). The highest BCUT2D eigenvalue weighted by Crippen LogP contribution is 2.33. The Morgan fingerprint density at radius 2 is 2.39 bits per heavy atom. The Morgan fingerprint density at radius 1 is 1.50 bits per heavy atom. The largest absolute Gasteiger partial charge is 0.493 e. The van der Waals surface area contributed by atoms with Crippen molar-refractivity contribution in [2.75, 3.05) is 6.61 Å². The molecule has 1 aliphatic rings. The summed E-state index contributed by atoms with van der Waals surface area (Å²) < 4.78 is 5.70. The van der Waals surface area contributed by atoms with Gasteiger partial charge >= 0.3 is 0 Å². The van der Waals surface area contributed by atoms with Crippen molar-refractivity contribution in [3.05, 3.63) is 45.4 Å². The maximum absolute atomic E-state index is 6.29. The fourth-order valence-corrected chi connectivity index (χ4v) is 3.00. The predicted octanol–water partition coefficient (Wildman–Crippen LogP) is 2.63. The van der Waals surface area contributed by atoms with E-state index in [-0.39, 0.29) is 6.04 Å². The molecule has 0 radical (unpaired) electrons. The van der Waals surface area contributed by atoms with E-state index in [2.05, 4.69) is 28.6 Å². The summed E-state index contributed by atoms with van der Waals surface area (Å²) >= 11 is 1.67. The summed E-state index contributed by atoms with van der Waals surface area (Å²) in [5, 5.41) is 3.17. The zero-order valence-corrected chi connectivity index (χ0v) is 11.2. The Kier molecular flexibility index (Phi) is 3.06. The second kappa shape index (κ2) is 4.71. The van der Waals surface area contributed by atoms with Crippen LogP contribution in [0.2, 0.25) is 0 Å². The molecule has 1 unspecified atom stereocenters. The van der Waals surface area contributed by atoms with E-state index in [0.717, 1.165) is 41.5 Å². The van der Waals surface area contributed by atoms with Gasteiger partial charge in [-0.3, -0.25) is 0 Å². The van der Waals surface area contributed by atoms with Crippen LogP contribution in [0, 0.1) is 6.92 Å². The molecule has 0 saturated carbocycles. The molecule has 0 bridgehead atoms. The first-order valence-corrected chi connectivity index (χ1v) is 7.03. The van der Waals surface area contributed by atoms with Crippen LogP contribution in [0.15, 0.2) is 23.6 Å². The lowest BCUT2D eigenvalue weighted by Gasteiger charge is -2.14. The third kappa shape index (κ3) is 2.13. The second-order valence-electron chi connectivity index (χ2n) is 4.60. The van der Waals surface area contributed by atoms with Crippen LogP contribution in [0.25, 0.3) is 0 Å². The minimum absolute atomic E-state index is 0.0421. The first kappa shape index (κ1) is 11.7. The number of ether oxygens (including phenoxy) is 1. The number of para-hydroxylation sites is 1. The molecule has 0 aliphatic carbocycles. The molecule has 1 aromatic heterocycles. The number of aryl methyl sites for hydroxylation is 1. The van der Waals surface area contributed by atoms with Crippen LogP contribution in [0.1, 0.15) is 27.9 Å². The minimum Gasteiger partial charge on any atom is -0.493 e. The third-order valence-corrected chi connectivity index (χ3v) is 4.06. The molecule has 2 aromatic rings. The van der Waals surface area contributed by atoms with Crippen LogP contribution in [0.5, 0.6) is 5.75 Å². The lowest BCUT2D eigenvalue weighted by molar-refractivity contribution is 0.351. The summed E-state index contributed by atoms with van der Waals surface area (Å²) in [6, 6.07) is 6.20. The van der Waals surface area contributed by atoms with Gasteiger partial charge < -0.3 is 10.5 Å². The maximum atomic E-state index is 6.29. The van der Waals surface area contributed by atoms with Gasteiger partial charge in [0.1, 0.15) is 5.75 Å². The maximum Gasteiger partial charge on any atom is 0.127 e. The summed E-state index contributed by atoms with van der Waals surface area (Å²) in [6.07, 6.45) is 1.76. The van der Waals surface area contributed by atoms with Crippen LogP contribution >= 0.6 is 11.3 Å². The van der Waals surface area contributed by atoms with Crippen molar-refractivity contribution in [2.24, 2.45) is 5.73 Å². The number of hydrogen-bond donors (Lipinski definition) is 1. The summed E-state index contributed by atoms with van der Waals surface area (Å²) in [5.41, 5.74) is 9.75. The van der Waals surface area contributed by atoms with Crippen LogP contribution in [-0.2, 0) is 12.8 Å². The number of hydrogen-bond acceptors (Lipinski definition) is 4. The summed E-state index contributed by atoms with van der Waals surface area (Å²) in [5.74, 6) is 0.997. The highest BCUT2D eigenvalue weighted by atomic mass is 32.1. The quantitative estimate of drug-likeness (QED) is 0.923. The normalized spacial score (nSPS) is 15.2. The van der Waals surface area contributed by atoms with Crippen molar-refractivity contribution >= 4 is 11.3 Å². The molecule has 18 heavy (non-hydrogen) atoms. The Morgan fingerprint density at radius 3 is 3.17 bits per heavy atom. The van der Waals surface area contributed by atoms with Crippen molar-refractivity contribution in [1.82, 2.24) is 4.98 Å². The molecule has 1 aliphatic heterocycles. The van der Waals surface area contributed by atoms with E-state index < -0.39 is 0 Å². The zero-order valence-electron chi connectivity index (χ0n) is 10.3. The average molecular weight is 260 g/mol. The molecular weight excluding hydrogens is 244 g/mol. The van der Waals surface area contributed by atoms with E-state index in [0.29, 0.717) is 0 Å². The molecule has 0 spiro atoms. The van der Waals surface area contributed by atoms with Crippen LogP contribution in [0.4, 0.5) is 0 Å². The Labute approximate surface area is 111 Å². The van der Waals surface area contributed by atoms with Gasteiger partial charge in [0.15, 0.2) is 0 Å². The summed E-state index contributed by atoms with van der Waals surface area (Å²) in [6.45, 7) is 2.79. The summed E-state index contributed by atoms with van der Waals surface area (Å²) in [4.78, 5) is 4.47. The van der Waals surface area contributed by atoms with Gasteiger partial charge in [-0.05, 0) is 12.5 Å². The van der Waals surface area contributed by atoms with Gasteiger partial charge in [-0.25, -0.2) is 4.98 Å². The fourth-order valence-electron chi connectivity index (χ4n) is 2.37. The van der Waals surface area contributed by atoms with Crippen molar-refractivity contribution in [3.8, 4) is 5.75 Å². The minimum atomic E-state index is -0.0421. The molecule has 2 N–H and O–H groups in total. The number of aromatic nitrogens is 1. The number of thiazole rings is 1. The van der Waals surface area contributed by atoms with E-state index in [4.69, 9.17) is 10.5 Å². The average Bonchev–Trinajstić information content (AvgIpc) is 2.97. The Balaban J connectivity index is 1.84. The number of fused-ring (bicyclic) bond motifs is 1. The first-order chi connectivity index (χ1) is 8.74. The molecule has 0 saturated heterocycles. The van der Waals surface area contributed by atoms with Gasteiger partial charge in [-0.15, -0.1) is 11.3 Å². The molecule has 1 aromatic carbocycles. The highest BCUT2D eigenvalue weighted by molar-refractivity contribution is 7.09.